The van der Waals surface area contributed by atoms with Gasteiger partial charge in [-0.05, 0) is 55.5 Å². The van der Waals surface area contributed by atoms with Crippen LogP contribution in [0.15, 0.2) is 53.6 Å². The molecule has 5 nitrogen and oxygen atoms in total. The summed E-state index contributed by atoms with van der Waals surface area (Å²) in [4.78, 5) is 31.9. The van der Waals surface area contributed by atoms with Gasteiger partial charge in [0.15, 0.2) is 0 Å². The fourth-order valence-electron chi connectivity index (χ4n) is 3.26. The molecule has 0 bridgehead atoms. The van der Waals surface area contributed by atoms with Gasteiger partial charge in [-0.25, -0.2) is 9.37 Å². The summed E-state index contributed by atoms with van der Waals surface area (Å²) in [5.41, 5.74) is 1.98. The van der Waals surface area contributed by atoms with Crippen LogP contribution in [0.25, 0.3) is 5.65 Å². The fraction of sp³-hybridized carbons (Fsp3) is 0.286. The fourth-order valence-corrected chi connectivity index (χ4v) is 3.26. The second kappa shape index (κ2) is 6.95. The van der Waals surface area contributed by atoms with E-state index in [2.05, 4.69) is 4.98 Å². The predicted octanol–water partition coefficient (Wildman–Crippen LogP) is 2.99. The number of aryl methyl sites for hydroxylation is 1. The standard InChI is InChI=1S/C21H20FN3O2/c1-14-5-8-19-23-12-18(21(27)25(19)13-14)20(26)24(17-6-7-17)10-9-15-3-2-4-16(22)11-15/h2-5,8,11-13,17H,6-7,9-10H2,1H3. The van der Waals surface area contributed by atoms with Crippen LogP contribution >= 0.6 is 0 Å². The number of aromatic nitrogens is 2. The number of hydrogen-bond donors (Lipinski definition) is 0. The van der Waals surface area contributed by atoms with E-state index >= 15 is 0 Å². The molecule has 2 aromatic heterocycles. The van der Waals surface area contributed by atoms with Gasteiger partial charge >= 0.3 is 0 Å². The van der Waals surface area contributed by atoms with E-state index in [0.29, 0.717) is 18.6 Å². The van der Waals surface area contributed by atoms with Crippen LogP contribution in [0.3, 0.4) is 0 Å². The molecule has 1 amide bonds. The van der Waals surface area contributed by atoms with Gasteiger partial charge in [-0.3, -0.25) is 14.0 Å². The van der Waals surface area contributed by atoms with E-state index in [1.807, 2.05) is 19.1 Å². The average Bonchev–Trinajstić information content (AvgIpc) is 3.48. The van der Waals surface area contributed by atoms with Crippen molar-refractivity contribution in [2.45, 2.75) is 32.2 Å². The first kappa shape index (κ1) is 17.4. The molecule has 0 N–H and O–H groups in total. The summed E-state index contributed by atoms with van der Waals surface area (Å²) in [6.45, 7) is 2.33. The van der Waals surface area contributed by atoms with Crippen molar-refractivity contribution in [3.8, 4) is 0 Å². The lowest BCUT2D eigenvalue weighted by Crippen LogP contribution is -2.38. The Bertz CT molecular complexity index is 1070. The van der Waals surface area contributed by atoms with Gasteiger partial charge in [-0.2, -0.15) is 0 Å². The number of amides is 1. The van der Waals surface area contributed by atoms with Crippen molar-refractivity contribution in [1.82, 2.24) is 14.3 Å². The van der Waals surface area contributed by atoms with Crippen molar-refractivity contribution < 1.29 is 9.18 Å². The average molecular weight is 365 g/mol. The molecule has 0 saturated heterocycles. The predicted molar refractivity (Wildman–Crippen MR) is 100 cm³/mol. The van der Waals surface area contributed by atoms with E-state index in [0.717, 1.165) is 24.0 Å². The smallest absolute Gasteiger partial charge is 0.270 e. The number of hydrogen-bond acceptors (Lipinski definition) is 3. The molecule has 1 aromatic carbocycles. The first-order valence-corrected chi connectivity index (χ1v) is 9.06. The molecule has 1 fully saturated rings. The molecule has 0 radical (unpaired) electrons. The molecule has 0 atom stereocenters. The molecule has 0 aliphatic heterocycles. The SMILES string of the molecule is Cc1ccc2ncc(C(=O)N(CCc3cccc(F)c3)C3CC3)c(=O)n2c1. The van der Waals surface area contributed by atoms with Crippen LogP contribution < -0.4 is 5.56 Å². The van der Waals surface area contributed by atoms with Crippen LogP contribution in [0.5, 0.6) is 0 Å². The van der Waals surface area contributed by atoms with Crippen molar-refractivity contribution in [3.05, 3.63) is 81.7 Å². The van der Waals surface area contributed by atoms with Crippen LogP contribution in [0.2, 0.25) is 0 Å². The topological polar surface area (TPSA) is 54.7 Å². The maximum atomic E-state index is 13.4. The molecule has 1 aliphatic carbocycles. The summed E-state index contributed by atoms with van der Waals surface area (Å²) in [5.74, 6) is -0.591. The molecule has 1 saturated carbocycles. The molecular weight excluding hydrogens is 345 g/mol. The van der Waals surface area contributed by atoms with Crippen LogP contribution in [0, 0.1) is 12.7 Å². The summed E-state index contributed by atoms with van der Waals surface area (Å²) >= 11 is 0. The van der Waals surface area contributed by atoms with E-state index in [-0.39, 0.29) is 28.9 Å². The minimum atomic E-state index is -0.356. The van der Waals surface area contributed by atoms with Crippen LogP contribution in [-0.2, 0) is 6.42 Å². The molecule has 1 aliphatic rings. The monoisotopic (exact) mass is 365 g/mol. The van der Waals surface area contributed by atoms with Gasteiger partial charge in [0.05, 0.1) is 0 Å². The Hall–Kier alpha value is -3.02. The molecule has 3 aromatic rings. The molecular formula is C21H20FN3O2. The molecule has 138 valence electrons. The van der Waals surface area contributed by atoms with Crippen molar-refractivity contribution in [1.29, 1.82) is 0 Å². The summed E-state index contributed by atoms with van der Waals surface area (Å²) < 4.78 is 14.8. The number of fused-ring (bicyclic) bond motifs is 1. The van der Waals surface area contributed by atoms with E-state index in [1.165, 1.54) is 22.7 Å². The number of nitrogens with zero attached hydrogens (tertiary/aromatic N) is 3. The zero-order valence-corrected chi connectivity index (χ0v) is 15.1. The minimum Gasteiger partial charge on any atom is -0.335 e. The zero-order valence-electron chi connectivity index (χ0n) is 15.1. The third kappa shape index (κ3) is 3.60. The molecule has 27 heavy (non-hydrogen) atoms. The van der Waals surface area contributed by atoms with Crippen LogP contribution in [-0.4, -0.2) is 32.8 Å². The van der Waals surface area contributed by atoms with Gasteiger partial charge in [0, 0.05) is 25.0 Å². The van der Waals surface area contributed by atoms with E-state index < -0.39 is 0 Å². The van der Waals surface area contributed by atoms with Gasteiger partial charge in [-0.1, -0.05) is 18.2 Å². The normalized spacial score (nSPS) is 13.7. The molecule has 2 heterocycles. The molecule has 4 rings (SSSR count). The second-order valence-corrected chi connectivity index (χ2v) is 7.02. The number of carbonyl (C=O) groups is 1. The highest BCUT2D eigenvalue weighted by Crippen LogP contribution is 2.28. The number of halogens is 1. The largest absolute Gasteiger partial charge is 0.335 e. The second-order valence-electron chi connectivity index (χ2n) is 7.02. The van der Waals surface area contributed by atoms with E-state index in [4.69, 9.17) is 0 Å². The first-order valence-electron chi connectivity index (χ1n) is 9.06. The number of pyridine rings is 1. The third-order valence-electron chi connectivity index (χ3n) is 4.86. The highest BCUT2D eigenvalue weighted by molar-refractivity contribution is 5.94. The maximum absolute atomic E-state index is 13.4. The van der Waals surface area contributed by atoms with E-state index in [9.17, 15) is 14.0 Å². The summed E-state index contributed by atoms with van der Waals surface area (Å²) in [6.07, 6.45) is 5.46. The van der Waals surface area contributed by atoms with Crippen LogP contribution in [0.1, 0.15) is 34.3 Å². The van der Waals surface area contributed by atoms with Crippen LogP contribution in [0.4, 0.5) is 4.39 Å². The Morgan fingerprint density at radius 3 is 2.85 bits per heavy atom. The Balaban J connectivity index is 1.62. The zero-order chi connectivity index (χ0) is 19.0. The number of carbonyl (C=O) groups excluding carboxylic acids is 1. The van der Waals surface area contributed by atoms with Crippen molar-refractivity contribution >= 4 is 11.6 Å². The van der Waals surface area contributed by atoms with Crippen molar-refractivity contribution in [2.75, 3.05) is 6.54 Å². The Kier molecular flexibility index (Phi) is 4.48. The van der Waals surface area contributed by atoms with Gasteiger partial charge in [0.1, 0.15) is 17.0 Å². The summed E-state index contributed by atoms with van der Waals surface area (Å²) in [6, 6.07) is 10.2. The van der Waals surface area contributed by atoms with Gasteiger partial charge in [0.25, 0.3) is 11.5 Å². The van der Waals surface area contributed by atoms with Crippen molar-refractivity contribution in [3.63, 3.8) is 0 Å². The van der Waals surface area contributed by atoms with Gasteiger partial charge in [0.2, 0.25) is 0 Å². The Morgan fingerprint density at radius 2 is 2.11 bits per heavy atom. The summed E-state index contributed by atoms with van der Waals surface area (Å²) in [5, 5.41) is 0. The molecule has 0 spiro atoms. The Morgan fingerprint density at radius 1 is 1.30 bits per heavy atom. The molecule has 0 unspecified atom stereocenters. The lowest BCUT2D eigenvalue weighted by atomic mass is 10.1. The van der Waals surface area contributed by atoms with Gasteiger partial charge < -0.3 is 4.90 Å². The van der Waals surface area contributed by atoms with E-state index in [1.54, 1.807) is 23.2 Å². The third-order valence-corrected chi connectivity index (χ3v) is 4.86. The first-order chi connectivity index (χ1) is 13.0. The van der Waals surface area contributed by atoms with Gasteiger partial charge in [-0.15, -0.1) is 0 Å². The number of rotatable bonds is 5. The van der Waals surface area contributed by atoms with Crippen molar-refractivity contribution in [2.24, 2.45) is 0 Å². The number of benzene rings is 1. The lowest BCUT2D eigenvalue weighted by Gasteiger charge is -2.22. The lowest BCUT2D eigenvalue weighted by molar-refractivity contribution is 0.0742. The summed E-state index contributed by atoms with van der Waals surface area (Å²) in [7, 11) is 0. The minimum absolute atomic E-state index is 0.0734. The Labute approximate surface area is 156 Å². The highest BCUT2D eigenvalue weighted by atomic mass is 19.1. The quantitative estimate of drug-likeness (QED) is 0.698. The maximum Gasteiger partial charge on any atom is 0.270 e. The molecule has 6 heteroatoms. The highest BCUT2D eigenvalue weighted by Gasteiger charge is 2.34.